The summed E-state index contributed by atoms with van der Waals surface area (Å²) in [7, 11) is 1.58. The molecule has 1 aromatic heterocycles. The van der Waals surface area contributed by atoms with Gasteiger partial charge in [0.2, 0.25) is 5.91 Å². The Morgan fingerprint density at radius 1 is 1.26 bits per heavy atom. The van der Waals surface area contributed by atoms with Gasteiger partial charge in [0.1, 0.15) is 5.82 Å². The maximum Gasteiger partial charge on any atom is 0.234 e. The molecule has 0 fully saturated rings. The van der Waals surface area contributed by atoms with E-state index in [1.807, 2.05) is 42.7 Å². The Balaban J connectivity index is 1.66. The third-order valence-electron chi connectivity index (χ3n) is 4.34. The van der Waals surface area contributed by atoms with Crippen molar-refractivity contribution < 1.29 is 18.7 Å². The maximum atomic E-state index is 13.9. The largest absolute Gasteiger partial charge is 0.493 e. The third-order valence-corrected chi connectivity index (χ3v) is 5.54. The molecular weight excluding hydrogens is 443 g/mol. The molecule has 164 valence electrons. The van der Waals surface area contributed by atoms with Crippen molar-refractivity contribution in [1.29, 1.82) is 0 Å². The van der Waals surface area contributed by atoms with Crippen LogP contribution in [0.25, 0.3) is 0 Å². The van der Waals surface area contributed by atoms with E-state index in [0.29, 0.717) is 29.0 Å². The Bertz CT molecular complexity index is 1060. The van der Waals surface area contributed by atoms with Crippen molar-refractivity contribution in [3.05, 3.63) is 59.1 Å². The Labute approximate surface area is 188 Å². The van der Waals surface area contributed by atoms with Crippen molar-refractivity contribution in [3.63, 3.8) is 0 Å². The van der Waals surface area contributed by atoms with Crippen molar-refractivity contribution in [2.75, 3.05) is 18.2 Å². The van der Waals surface area contributed by atoms with E-state index in [0.717, 1.165) is 6.07 Å². The summed E-state index contributed by atoms with van der Waals surface area (Å²) in [6.07, 6.45) is -0.393. The minimum Gasteiger partial charge on any atom is -0.493 e. The summed E-state index contributed by atoms with van der Waals surface area (Å²) in [5, 5.41) is 11.8. The van der Waals surface area contributed by atoms with Gasteiger partial charge in [-0.05, 0) is 44.2 Å². The first-order chi connectivity index (χ1) is 14.9. The van der Waals surface area contributed by atoms with Crippen LogP contribution in [-0.4, -0.2) is 33.5 Å². The minimum atomic E-state index is -0.591. The highest BCUT2D eigenvalue weighted by atomic mass is 35.5. The van der Waals surface area contributed by atoms with Gasteiger partial charge in [-0.2, -0.15) is 0 Å². The van der Waals surface area contributed by atoms with Crippen LogP contribution in [0.15, 0.2) is 47.6 Å². The first-order valence-corrected chi connectivity index (χ1v) is 10.9. The van der Waals surface area contributed by atoms with Gasteiger partial charge in [0.25, 0.3) is 0 Å². The molecule has 0 saturated heterocycles. The van der Waals surface area contributed by atoms with Crippen LogP contribution in [0.5, 0.6) is 11.5 Å². The number of carbonyl (C=O) groups excluding carboxylic acids is 1. The molecule has 1 atom stereocenters. The average Bonchev–Trinajstić information content (AvgIpc) is 3.17. The molecule has 0 bridgehead atoms. The fraction of sp³-hybridized carbons (Fsp3) is 0.286. The number of methoxy groups -OCH3 is 1. The molecule has 0 saturated carbocycles. The number of rotatable bonds is 9. The number of hydrogen-bond acceptors (Lipinski definition) is 6. The number of halogens is 2. The quantitative estimate of drug-likeness (QED) is 0.450. The van der Waals surface area contributed by atoms with Crippen LogP contribution < -0.4 is 14.8 Å². The molecule has 1 unspecified atom stereocenters. The van der Waals surface area contributed by atoms with Crippen LogP contribution in [0.2, 0.25) is 5.02 Å². The Hall–Kier alpha value is -2.78. The molecule has 0 aliphatic carbocycles. The molecule has 0 radical (unpaired) electrons. The second-order valence-electron chi connectivity index (χ2n) is 6.46. The van der Waals surface area contributed by atoms with Crippen molar-refractivity contribution in [2.45, 2.75) is 31.7 Å². The lowest BCUT2D eigenvalue weighted by Gasteiger charge is -2.17. The molecule has 1 heterocycles. The van der Waals surface area contributed by atoms with Crippen molar-refractivity contribution >= 4 is 35.0 Å². The highest BCUT2D eigenvalue weighted by Crippen LogP contribution is 2.31. The van der Waals surface area contributed by atoms with Gasteiger partial charge in [0.05, 0.1) is 18.6 Å². The fourth-order valence-corrected chi connectivity index (χ4v) is 3.84. The van der Waals surface area contributed by atoms with Gasteiger partial charge >= 0.3 is 0 Å². The third kappa shape index (κ3) is 5.68. The lowest BCUT2D eigenvalue weighted by molar-refractivity contribution is -0.113. The summed E-state index contributed by atoms with van der Waals surface area (Å²) in [5.74, 6) is 0.936. The summed E-state index contributed by atoms with van der Waals surface area (Å²) in [5.41, 5.74) is 0.0754. The van der Waals surface area contributed by atoms with E-state index in [4.69, 9.17) is 21.1 Å². The molecule has 0 spiro atoms. The molecule has 0 aliphatic rings. The number of para-hydroxylation sites is 2. The average molecular weight is 465 g/mol. The van der Waals surface area contributed by atoms with Gasteiger partial charge in [0, 0.05) is 11.6 Å². The molecule has 31 heavy (non-hydrogen) atoms. The first-order valence-electron chi connectivity index (χ1n) is 9.53. The standard InChI is InChI=1S/C21H22ClFN4O3S/c1-4-27-20(13(2)30-18-8-6-5-7-17(18)29-3)25-26-21(27)31-12-19(28)24-16-10-9-14(22)11-15(16)23/h5-11,13H,4,12H2,1-3H3,(H,24,28). The van der Waals surface area contributed by atoms with E-state index in [1.54, 1.807) is 7.11 Å². The van der Waals surface area contributed by atoms with E-state index in [9.17, 15) is 9.18 Å². The van der Waals surface area contributed by atoms with Gasteiger partial charge in [-0.1, -0.05) is 35.5 Å². The summed E-state index contributed by atoms with van der Waals surface area (Å²) >= 11 is 6.94. The molecule has 2 aromatic carbocycles. The minimum absolute atomic E-state index is 0.0436. The molecule has 3 rings (SSSR count). The SMILES string of the molecule is CCn1c(SCC(=O)Nc2ccc(Cl)cc2F)nnc1C(C)Oc1ccccc1OC. The van der Waals surface area contributed by atoms with E-state index < -0.39 is 11.9 Å². The first kappa shape index (κ1) is 22.9. The number of anilines is 1. The number of thioether (sulfide) groups is 1. The Morgan fingerprint density at radius 3 is 2.68 bits per heavy atom. The summed E-state index contributed by atoms with van der Waals surface area (Å²) in [6.45, 7) is 4.42. The number of carbonyl (C=O) groups is 1. The van der Waals surface area contributed by atoms with Crippen molar-refractivity contribution in [2.24, 2.45) is 0 Å². The zero-order valence-electron chi connectivity index (χ0n) is 17.3. The van der Waals surface area contributed by atoms with Crippen LogP contribution in [0.4, 0.5) is 10.1 Å². The van der Waals surface area contributed by atoms with Gasteiger partial charge in [-0.25, -0.2) is 4.39 Å². The van der Waals surface area contributed by atoms with Gasteiger partial charge < -0.3 is 19.4 Å². The molecule has 3 aromatic rings. The second-order valence-corrected chi connectivity index (χ2v) is 7.84. The number of amides is 1. The monoisotopic (exact) mass is 464 g/mol. The Morgan fingerprint density at radius 2 is 2.00 bits per heavy atom. The van der Waals surface area contributed by atoms with E-state index in [-0.39, 0.29) is 22.4 Å². The van der Waals surface area contributed by atoms with E-state index in [2.05, 4.69) is 15.5 Å². The van der Waals surface area contributed by atoms with Gasteiger partial charge in [0.15, 0.2) is 28.6 Å². The molecule has 7 nitrogen and oxygen atoms in total. The predicted molar refractivity (Wildman–Crippen MR) is 118 cm³/mol. The molecular formula is C21H22ClFN4O3S. The zero-order chi connectivity index (χ0) is 22.4. The highest BCUT2D eigenvalue weighted by molar-refractivity contribution is 7.99. The van der Waals surface area contributed by atoms with Gasteiger partial charge in [-0.15, -0.1) is 10.2 Å². The van der Waals surface area contributed by atoms with Crippen molar-refractivity contribution in [3.8, 4) is 11.5 Å². The van der Waals surface area contributed by atoms with Crippen LogP contribution >= 0.6 is 23.4 Å². The topological polar surface area (TPSA) is 78.3 Å². The number of benzene rings is 2. The van der Waals surface area contributed by atoms with Crippen LogP contribution in [0.1, 0.15) is 25.8 Å². The van der Waals surface area contributed by atoms with Crippen LogP contribution in [0.3, 0.4) is 0 Å². The predicted octanol–water partition coefficient (Wildman–Crippen LogP) is 4.97. The number of aromatic nitrogens is 3. The highest BCUT2D eigenvalue weighted by Gasteiger charge is 2.20. The number of nitrogens with zero attached hydrogens (tertiary/aromatic N) is 3. The smallest absolute Gasteiger partial charge is 0.234 e. The lowest BCUT2D eigenvalue weighted by atomic mass is 10.3. The normalized spacial score (nSPS) is 11.8. The lowest BCUT2D eigenvalue weighted by Crippen LogP contribution is -2.16. The van der Waals surface area contributed by atoms with Gasteiger partial charge in [-0.3, -0.25) is 4.79 Å². The van der Waals surface area contributed by atoms with Crippen LogP contribution in [-0.2, 0) is 11.3 Å². The fourth-order valence-electron chi connectivity index (χ4n) is 2.87. The van der Waals surface area contributed by atoms with E-state index >= 15 is 0 Å². The zero-order valence-corrected chi connectivity index (χ0v) is 18.8. The molecule has 1 N–H and O–H groups in total. The number of ether oxygens (including phenoxy) is 2. The second kappa shape index (κ2) is 10.5. The summed E-state index contributed by atoms with van der Waals surface area (Å²) in [4.78, 5) is 12.2. The summed E-state index contributed by atoms with van der Waals surface area (Å²) < 4.78 is 27.1. The molecule has 0 aliphatic heterocycles. The molecule has 1 amide bonds. The summed E-state index contributed by atoms with van der Waals surface area (Å²) in [6, 6.07) is 11.4. The Kier molecular flexibility index (Phi) is 7.75. The maximum absolute atomic E-state index is 13.9. The molecule has 10 heteroatoms. The van der Waals surface area contributed by atoms with Crippen LogP contribution in [0, 0.1) is 5.82 Å². The number of hydrogen-bond donors (Lipinski definition) is 1. The number of nitrogens with one attached hydrogen (secondary N) is 1. The van der Waals surface area contributed by atoms with Crippen molar-refractivity contribution in [1.82, 2.24) is 14.8 Å². The van der Waals surface area contributed by atoms with E-state index in [1.165, 1.54) is 23.9 Å².